The van der Waals surface area contributed by atoms with Crippen molar-refractivity contribution in [1.29, 1.82) is 0 Å². The van der Waals surface area contributed by atoms with Crippen molar-refractivity contribution < 1.29 is 9.52 Å². The van der Waals surface area contributed by atoms with E-state index < -0.39 is 6.10 Å². The van der Waals surface area contributed by atoms with Crippen molar-refractivity contribution in [2.24, 2.45) is 0 Å². The third-order valence-electron chi connectivity index (χ3n) is 2.29. The highest BCUT2D eigenvalue weighted by Crippen LogP contribution is 2.29. The van der Waals surface area contributed by atoms with Gasteiger partial charge in [-0.3, -0.25) is 0 Å². The summed E-state index contributed by atoms with van der Waals surface area (Å²) in [4.78, 5) is 0. The number of aliphatic hydroxyl groups is 1. The van der Waals surface area contributed by atoms with Crippen molar-refractivity contribution >= 4 is 23.2 Å². The minimum absolute atomic E-state index is 0.418. The molecule has 0 bridgehead atoms. The highest BCUT2D eigenvalue weighted by molar-refractivity contribution is 6.42. The first kappa shape index (κ1) is 11.5. The van der Waals surface area contributed by atoms with E-state index in [9.17, 15) is 5.11 Å². The number of benzene rings is 1. The first-order valence-corrected chi connectivity index (χ1v) is 5.53. The van der Waals surface area contributed by atoms with E-state index in [1.807, 2.05) is 6.92 Å². The lowest BCUT2D eigenvalue weighted by molar-refractivity contribution is 0.187. The maximum absolute atomic E-state index is 10.0. The Morgan fingerprint density at radius 1 is 1.12 bits per heavy atom. The van der Waals surface area contributed by atoms with Crippen LogP contribution in [0, 0.1) is 6.92 Å². The summed E-state index contributed by atoms with van der Waals surface area (Å²) < 4.78 is 5.34. The normalized spacial score (nSPS) is 12.8. The zero-order chi connectivity index (χ0) is 11.7. The van der Waals surface area contributed by atoms with Gasteiger partial charge in [0.2, 0.25) is 0 Å². The van der Waals surface area contributed by atoms with Crippen LogP contribution >= 0.6 is 23.2 Å². The standard InChI is InChI=1S/C12H10Cl2O2/c1-7-2-5-11(16-7)12(15)8-3-4-9(13)10(14)6-8/h2-6,12,15H,1H3/t12-/m1/s1. The van der Waals surface area contributed by atoms with E-state index in [4.69, 9.17) is 27.6 Å². The Balaban J connectivity index is 2.33. The van der Waals surface area contributed by atoms with Crippen molar-refractivity contribution in [3.8, 4) is 0 Å². The van der Waals surface area contributed by atoms with Gasteiger partial charge in [-0.25, -0.2) is 0 Å². The molecule has 1 N–H and O–H groups in total. The molecule has 4 heteroatoms. The summed E-state index contributed by atoms with van der Waals surface area (Å²) in [5, 5.41) is 10.9. The zero-order valence-corrected chi connectivity index (χ0v) is 10.1. The number of aryl methyl sites for hydroxylation is 1. The van der Waals surface area contributed by atoms with Gasteiger partial charge in [-0.05, 0) is 36.8 Å². The molecule has 1 heterocycles. The van der Waals surface area contributed by atoms with E-state index in [0.29, 0.717) is 21.4 Å². The summed E-state index contributed by atoms with van der Waals surface area (Å²) >= 11 is 11.7. The van der Waals surface area contributed by atoms with Crippen molar-refractivity contribution in [1.82, 2.24) is 0 Å². The molecule has 1 atom stereocenters. The number of hydrogen-bond donors (Lipinski definition) is 1. The molecule has 2 rings (SSSR count). The minimum atomic E-state index is -0.816. The summed E-state index contributed by atoms with van der Waals surface area (Å²) in [6.45, 7) is 1.82. The predicted octanol–water partition coefficient (Wildman–Crippen LogP) is 3.98. The first-order valence-electron chi connectivity index (χ1n) is 4.77. The van der Waals surface area contributed by atoms with Gasteiger partial charge < -0.3 is 9.52 Å². The molecule has 0 fully saturated rings. The SMILES string of the molecule is Cc1ccc([C@H](O)c2ccc(Cl)c(Cl)c2)o1. The second kappa shape index (κ2) is 4.50. The summed E-state index contributed by atoms with van der Waals surface area (Å²) in [5.74, 6) is 1.25. The topological polar surface area (TPSA) is 33.4 Å². The molecule has 0 saturated carbocycles. The fourth-order valence-electron chi connectivity index (χ4n) is 1.45. The maximum Gasteiger partial charge on any atom is 0.137 e. The lowest BCUT2D eigenvalue weighted by Crippen LogP contribution is -1.97. The van der Waals surface area contributed by atoms with Gasteiger partial charge in [0, 0.05) is 0 Å². The Morgan fingerprint density at radius 2 is 1.88 bits per heavy atom. The second-order valence-electron chi connectivity index (χ2n) is 3.52. The fraction of sp³-hybridized carbons (Fsp3) is 0.167. The van der Waals surface area contributed by atoms with Crippen LogP contribution in [-0.2, 0) is 0 Å². The van der Waals surface area contributed by atoms with E-state index in [0.717, 1.165) is 5.76 Å². The summed E-state index contributed by atoms with van der Waals surface area (Å²) in [6, 6.07) is 8.54. The Labute approximate surface area is 103 Å². The van der Waals surface area contributed by atoms with Gasteiger partial charge in [0.1, 0.15) is 17.6 Å². The summed E-state index contributed by atoms with van der Waals surface area (Å²) in [5.41, 5.74) is 0.656. The van der Waals surface area contributed by atoms with Crippen LogP contribution in [0.1, 0.15) is 23.2 Å². The van der Waals surface area contributed by atoms with E-state index in [1.54, 1.807) is 30.3 Å². The molecule has 16 heavy (non-hydrogen) atoms. The second-order valence-corrected chi connectivity index (χ2v) is 4.34. The van der Waals surface area contributed by atoms with Crippen LogP contribution in [-0.4, -0.2) is 5.11 Å². The average molecular weight is 257 g/mol. The van der Waals surface area contributed by atoms with Gasteiger partial charge in [-0.15, -0.1) is 0 Å². The van der Waals surface area contributed by atoms with Gasteiger partial charge in [-0.2, -0.15) is 0 Å². The Bertz CT molecular complexity index is 505. The third kappa shape index (κ3) is 2.24. The van der Waals surface area contributed by atoms with Gasteiger partial charge >= 0.3 is 0 Å². The van der Waals surface area contributed by atoms with E-state index >= 15 is 0 Å². The molecule has 1 aromatic carbocycles. The quantitative estimate of drug-likeness (QED) is 0.882. The Kier molecular flexibility index (Phi) is 3.24. The maximum atomic E-state index is 10.0. The zero-order valence-electron chi connectivity index (χ0n) is 8.58. The van der Waals surface area contributed by atoms with Crippen molar-refractivity contribution in [3.05, 3.63) is 57.5 Å². The molecule has 2 nitrogen and oxygen atoms in total. The van der Waals surface area contributed by atoms with Crippen LogP contribution in [0.3, 0.4) is 0 Å². The lowest BCUT2D eigenvalue weighted by Gasteiger charge is -2.09. The van der Waals surface area contributed by atoms with Crippen LogP contribution in [0.2, 0.25) is 10.0 Å². The third-order valence-corrected chi connectivity index (χ3v) is 3.03. The number of hydrogen-bond acceptors (Lipinski definition) is 2. The van der Waals surface area contributed by atoms with Crippen LogP contribution in [0.4, 0.5) is 0 Å². The highest BCUT2D eigenvalue weighted by Gasteiger charge is 2.15. The molecular weight excluding hydrogens is 247 g/mol. The van der Waals surface area contributed by atoms with Crippen LogP contribution < -0.4 is 0 Å². The van der Waals surface area contributed by atoms with Crippen LogP contribution in [0.25, 0.3) is 0 Å². The van der Waals surface area contributed by atoms with E-state index in [2.05, 4.69) is 0 Å². The largest absolute Gasteiger partial charge is 0.463 e. The number of aliphatic hydroxyl groups excluding tert-OH is 1. The molecule has 0 aliphatic rings. The van der Waals surface area contributed by atoms with Crippen LogP contribution in [0.15, 0.2) is 34.7 Å². The Morgan fingerprint density at radius 3 is 2.44 bits per heavy atom. The molecule has 0 aliphatic heterocycles. The smallest absolute Gasteiger partial charge is 0.137 e. The fourth-order valence-corrected chi connectivity index (χ4v) is 1.75. The van der Waals surface area contributed by atoms with E-state index in [-0.39, 0.29) is 0 Å². The van der Waals surface area contributed by atoms with Gasteiger partial charge in [0.25, 0.3) is 0 Å². The molecule has 0 spiro atoms. The molecule has 0 radical (unpaired) electrons. The molecule has 1 aromatic heterocycles. The van der Waals surface area contributed by atoms with Gasteiger partial charge in [-0.1, -0.05) is 29.3 Å². The summed E-state index contributed by atoms with van der Waals surface area (Å²) in [6.07, 6.45) is -0.816. The lowest BCUT2D eigenvalue weighted by atomic mass is 10.1. The van der Waals surface area contributed by atoms with E-state index in [1.165, 1.54) is 0 Å². The highest BCUT2D eigenvalue weighted by atomic mass is 35.5. The number of halogens is 2. The van der Waals surface area contributed by atoms with Crippen molar-refractivity contribution in [2.75, 3.05) is 0 Å². The minimum Gasteiger partial charge on any atom is -0.463 e. The van der Waals surface area contributed by atoms with Crippen molar-refractivity contribution in [2.45, 2.75) is 13.0 Å². The molecule has 0 amide bonds. The molecule has 84 valence electrons. The monoisotopic (exact) mass is 256 g/mol. The van der Waals surface area contributed by atoms with Gasteiger partial charge in [0.15, 0.2) is 0 Å². The molecular formula is C12H10Cl2O2. The molecule has 0 aliphatic carbocycles. The Hall–Kier alpha value is -0.960. The van der Waals surface area contributed by atoms with Crippen LogP contribution in [0.5, 0.6) is 0 Å². The first-order chi connectivity index (χ1) is 7.58. The predicted molar refractivity (Wildman–Crippen MR) is 64.0 cm³/mol. The average Bonchev–Trinajstić information content (AvgIpc) is 2.68. The summed E-state index contributed by atoms with van der Waals surface area (Å²) in [7, 11) is 0. The number of rotatable bonds is 2. The van der Waals surface area contributed by atoms with Gasteiger partial charge in [0.05, 0.1) is 10.0 Å². The molecule has 2 aromatic rings. The van der Waals surface area contributed by atoms with Crippen molar-refractivity contribution in [3.63, 3.8) is 0 Å². The number of furan rings is 1. The molecule has 0 saturated heterocycles. The molecule has 0 unspecified atom stereocenters.